The van der Waals surface area contributed by atoms with E-state index in [0.717, 1.165) is 29.4 Å². The van der Waals surface area contributed by atoms with Gasteiger partial charge in [-0.1, -0.05) is 42.0 Å². The molecule has 0 aromatic heterocycles. The van der Waals surface area contributed by atoms with Crippen molar-refractivity contribution in [1.29, 1.82) is 0 Å². The molecule has 1 aliphatic heterocycles. The fraction of sp³-hybridized carbons (Fsp3) is 0.115. The van der Waals surface area contributed by atoms with Gasteiger partial charge in [0, 0.05) is 0 Å². The number of imide groups is 1. The van der Waals surface area contributed by atoms with Crippen molar-refractivity contribution in [2.24, 2.45) is 0 Å². The maximum Gasteiger partial charge on any atom is 0.335 e. The molecule has 1 aliphatic rings. The van der Waals surface area contributed by atoms with Crippen LogP contribution in [-0.4, -0.2) is 27.9 Å². The summed E-state index contributed by atoms with van der Waals surface area (Å²) < 4.78 is 7.67. The summed E-state index contributed by atoms with van der Waals surface area (Å²) in [6.07, 6.45) is 1.66. The van der Waals surface area contributed by atoms with Gasteiger partial charge in [0.1, 0.15) is 18.1 Å². The number of hydrogen-bond donors (Lipinski definition) is 2. The van der Waals surface area contributed by atoms with E-state index in [0.29, 0.717) is 5.75 Å². The van der Waals surface area contributed by atoms with Crippen molar-refractivity contribution in [3.63, 3.8) is 0 Å². The Morgan fingerprint density at radius 3 is 2.20 bits per heavy atom. The number of carbonyl (C=O) groups is 3. The normalized spacial score (nSPS) is 14.4. The van der Waals surface area contributed by atoms with Gasteiger partial charge >= 0.3 is 12.0 Å². The highest BCUT2D eigenvalue weighted by atomic mass is 127. The predicted octanol–water partition coefficient (Wildman–Crippen LogP) is 5.57. The lowest BCUT2D eigenvalue weighted by Crippen LogP contribution is -2.30. The third-order valence-corrected chi connectivity index (χ3v) is 6.94. The van der Waals surface area contributed by atoms with Crippen molar-refractivity contribution in [2.75, 3.05) is 0 Å². The Morgan fingerprint density at radius 2 is 1.60 bits per heavy atom. The molecule has 9 heteroatoms. The number of urea groups is 1. The molecule has 0 spiro atoms. The summed E-state index contributed by atoms with van der Waals surface area (Å²) in [5.41, 5.74) is 4.04. The minimum absolute atomic E-state index is 0.206. The predicted molar refractivity (Wildman–Crippen MR) is 148 cm³/mol. The Balaban J connectivity index is 1.47. The molecule has 0 atom stereocenters. The minimum Gasteiger partial charge on any atom is -0.487 e. The van der Waals surface area contributed by atoms with Crippen LogP contribution in [0.4, 0.5) is 4.79 Å². The average Bonchev–Trinajstić information content (AvgIpc) is 3.07. The Bertz CT molecular complexity index is 1310. The first-order chi connectivity index (χ1) is 16.7. The monoisotopic (exact) mass is 694 g/mol. The van der Waals surface area contributed by atoms with Gasteiger partial charge in [-0.15, -0.1) is 0 Å². The topological polar surface area (TPSA) is 95.9 Å². The van der Waals surface area contributed by atoms with Crippen LogP contribution in [0.3, 0.4) is 0 Å². The summed E-state index contributed by atoms with van der Waals surface area (Å²) in [4.78, 5) is 37.5. The second kappa shape index (κ2) is 10.8. The summed E-state index contributed by atoms with van der Waals surface area (Å²) in [7, 11) is 0. The molecule has 0 saturated carbocycles. The number of nitrogens with one attached hydrogen (secondary N) is 1. The van der Waals surface area contributed by atoms with Gasteiger partial charge in [0.15, 0.2) is 0 Å². The van der Waals surface area contributed by atoms with Gasteiger partial charge in [-0.05, 0) is 99.1 Å². The van der Waals surface area contributed by atoms with Gasteiger partial charge in [0.05, 0.1) is 19.2 Å². The molecule has 3 amide bonds. The van der Waals surface area contributed by atoms with E-state index >= 15 is 0 Å². The second-order valence-electron chi connectivity index (χ2n) is 7.97. The molecule has 1 saturated heterocycles. The van der Waals surface area contributed by atoms with Crippen LogP contribution in [0, 0.1) is 14.1 Å². The third kappa shape index (κ3) is 6.01. The van der Waals surface area contributed by atoms with E-state index in [2.05, 4.69) is 50.5 Å². The number of ether oxygens (including phenoxy) is 1. The number of rotatable bonds is 7. The van der Waals surface area contributed by atoms with Crippen molar-refractivity contribution in [3.05, 3.63) is 101 Å². The highest BCUT2D eigenvalue weighted by Crippen LogP contribution is 2.31. The smallest absolute Gasteiger partial charge is 0.335 e. The number of benzene rings is 3. The van der Waals surface area contributed by atoms with Crippen LogP contribution in [0.1, 0.15) is 32.6 Å². The van der Waals surface area contributed by atoms with E-state index in [1.54, 1.807) is 30.3 Å². The van der Waals surface area contributed by atoms with Gasteiger partial charge < -0.3 is 15.2 Å². The van der Waals surface area contributed by atoms with Gasteiger partial charge in [-0.2, -0.15) is 0 Å². The molecule has 35 heavy (non-hydrogen) atoms. The largest absolute Gasteiger partial charge is 0.487 e. The van der Waals surface area contributed by atoms with Gasteiger partial charge in [0.2, 0.25) is 0 Å². The van der Waals surface area contributed by atoms with E-state index < -0.39 is 12.0 Å². The molecule has 0 aliphatic carbocycles. The zero-order chi connectivity index (χ0) is 25.1. The molecule has 0 bridgehead atoms. The molecular weight excluding hydrogens is 674 g/mol. The molecule has 0 radical (unpaired) electrons. The summed E-state index contributed by atoms with van der Waals surface area (Å²) in [6.45, 7) is 2.47. The third-order valence-electron chi connectivity index (χ3n) is 5.34. The highest BCUT2D eigenvalue weighted by molar-refractivity contribution is 14.1. The number of hydrogen-bond acceptors (Lipinski definition) is 4. The first-order valence-corrected chi connectivity index (χ1v) is 12.7. The Labute approximate surface area is 229 Å². The lowest BCUT2D eigenvalue weighted by atomic mass is 10.1. The number of carboxylic acids is 1. The number of nitrogens with zero attached hydrogens (tertiary/aromatic N) is 1. The maximum atomic E-state index is 12.9. The van der Waals surface area contributed by atoms with Crippen LogP contribution in [0.2, 0.25) is 0 Å². The molecule has 1 fully saturated rings. The fourth-order valence-electron chi connectivity index (χ4n) is 3.46. The second-order valence-corrected chi connectivity index (χ2v) is 10.3. The van der Waals surface area contributed by atoms with Crippen LogP contribution in [0.15, 0.2) is 66.4 Å². The van der Waals surface area contributed by atoms with Gasteiger partial charge in [0.25, 0.3) is 5.91 Å². The fourth-order valence-corrected chi connectivity index (χ4v) is 5.59. The van der Waals surface area contributed by atoms with Crippen molar-refractivity contribution >= 4 is 69.2 Å². The zero-order valence-corrected chi connectivity index (χ0v) is 22.9. The molecule has 2 N–H and O–H groups in total. The number of halogens is 2. The van der Waals surface area contributed by atoms with Gasteiger partial charge in [-0.3, -0.25) is 9.69 Å². The summed E-state index contributed by atoms with van der Waals surface area (Å²) in [5, 5.41) is 11.7. The first-order valence-electron chi connectivity index (χ1n) is 10.6. The molecule has 3 aromatic rings. The number of carboxylic acid groups (broad SMARTS) is 1. The zero-order valence-electron chi connectivity index (χ0n) is 18.5. The summed E-state index contributed by atoms with van der Waals surface area (Å²) >= 11 is 4.33. The van der Waals surface area contributed by atoms with Crippen molar-refractivity contribution in [2.45, 2.75) is 20.1 Å². The van der Waals surface area contributed by atoms with Crippen molar-refractivity contribution < 1.29 is 24.2 Å². The van der Waals surface area contributed by atoms with Gasteiger partial charge in [-0.25, -0.2) is 9.59 Å². The highest BCUT2D eigenvalue weighted by Gasteiger charge is 2.33. The SMILES string of the molecule is Cc1ccc(CN2C(=O)N/C(=C/c3cc(I)c(OCc4ccc(C(=O)O)cc4)c(I)c3)C2=O)cc1. The number of aromatic carboxylic acids is 1. The van der Waals surface area contributed by atoms with Crippen LogP contribution < -0.4 is 10.1 Å². The van der Waals surface area contributed by atoms with Crippen LogP contribution in [-0.2, 0) is 17.9 Å². The van der Waals surface area contributed by atoms with E-state index in [1.807, 2.05) is 43.3 Å². The van der Waals surface area contributed by atoms with Crippen molar-refractivity contribution in [3.8, 4) is 5.75 Å². The molecule has 178 valence electrons. The van der Waals surface area contributed by atoms with Crippen LogP contribution in [0.25, 0.3) is 6.08 Å². The Hall–Kier alpha value is -2.93. The molecule has 7 nitrogen and oxygen atoms in total. The summed E-state index contributed by atoms with van der Waals surface area (Å²) in [5.74, 6) is -0.648. The lowest BCUT2D eigenvalue weighted by molar-refractivity contribution is -0.123. The standard InChI is InChI=1S/C26H20I2N2O5/c1-15-2-4-16(5-3-15)13-30-24(31)22(29-26(30)34)12-18-10-20(27)23(21(28)11-18)35-14-17-6-8-19(9-7-17)25(32)33/h2-12H,13-14H2,1H3,(H,29,34)(H,32,33)/b22-12+. The van der Waals surface area contributed by atoms with Crippen LogP contribution in [0.5, 0.6) is 5.75 Å². The quantitative estimate of drug-likeness (QED) is 0.192. The molecule has 3 aromatic carbocycles. The van der Waals surface area contributed by atoms with E-state index in [4.69, 9.17) is 9.84 Å². The lowest BCUT2D eigenvalue weighted by Gasteiger charge is -2.12. The van der Waals surface area contributed by atoms with E-state index in [-0.39, 0.29) is 30.3 Å². The molecule has 4 rings (SSSR count). The number of carbonyl (C=O) groups excluding carboxylic acids is 2. The van der Waals surface area contributed by atoms with E-state index in [9.17, 15) is 14.4 Å². The van der Waals surface area contributed by atoms with Crippen molar-refractivity contribution in [1.82, 2.24) is 10.2 Å². The van der Waals surface area contributed by atoms with Crippen LogP contribution >= 0.6 is 45.2 Å². The molecule has 1 heterocycles. The van der Waals surface area contributed by atoms with E-state index in [1.165, 1.54) is 4.90 Å². The first kappa shape index (κ1) is 25.2. The Morgan fingerprint density at radius 1 is 1.00 bits per heavy atom. The Kier molecular flexibility index (Phi) is 7.75. The average molecular weight is 694 g/mol. The minimum atomic E-state index is -0.971. The molecule has 0 unspecified atom stereocenters. The number of amides is 3. The maximum absolute atomic E-state index is 12.9. The summed E-state index contributed by atoms with van der Waals surface area (Å²) in [6, 6.07) is 17.5. The number of aryl methyl sites for hydroxylation is 1. The molecular formula is C26H20I2N2O5.